The fraction of sp³-hybridized carbons (Fsp3) is 0.143. The first-order valence-corrected chi connectivity index (χ1v) is 7.21. The number of halogens is 6. The van der Waals surface area contributed by atoms with Gasteiger partial charge in [0.2, 0.25) is 0 Å². The summed E-state index contributed by atoms with van der Waals surface area (Å²) in [6.07, 6.45) is -4.52. The van der Waals surface area contributed by atoms with Crippen molar-refractivity contribution in [2.75, 3.05) is 0 Å². The molecule has 0 amide bonds. The summed E-state index contributed by atoms with van der Waals surface area (Å²) in [5.41, 5.74) is -0.763. The van der Waals surface area contributed by atoms with E-state index in [0.29, 0.717) is 0 Å². The van der Waals surface area contributed by atoms with Crippen LogP contribution in [0.1, 0.15) is 11.1 Å². The van der Waals surface area contributed by atoms with Crippen molar-refractivity contribution in [2.45, 2.75) is 11.5 Å². The lowest BCUT2D eigenvalue weighted by Crippen LogP contribution is -2.08. The first-order valence-electron chi connectivity index (χ1n) is 5.71. The molecule has 0 aliphatic rings. The molecule has 21 heavy (non-hydrogen) atoms. The molecule has 0 N–H and O–H groups in total. The van der Waals surface area contributed by atoms with Crippen LogP contribution in [0.4, 0.5) is 17.6 Å². The van der Waals surface area contributed by atoms with Gasteiger partial charge in [-0.2, -0.15) is 13.2 Å². The van der Waals surface area contributed by atoms with Crippen LogP contribution in [0.25, 0.3) is 0 Å². The van der Waals surface area contributed by atoms with Crippen molar-refractivity contribution in [2.24, 2.45) is 0 Å². The SMILES string of the molecule is Fc1c(Cl)cccc1Oc1ccc(CBr)c(C(F)(F)F)c1. The van der Waals surface area contributed by atoms with E-state index >= 15 is 0 Å². The molecule has 0 saturated carbocycles. The molecule has 0 unspecified atom stereocenters. The standard InChI is InChI=1S/C14H8BrClF4O/c15-7-8-4-5-9(6-10(8)14(18,19)20)21-12-3-1-2-11(16)13(12)17/h1-6H,7H2. The van der Waals surface area contributed by atoms with Crippen LogP contribution in [-0.2, 0) is 11.5 Å². The van der Waals surface area contributed by atoms with Crippen LogP contribution in [0.2, 0.25) is 5.02 Å². The van der Waals surface area contributed by atoms with Crippen molar-refractivity contribution in [1.82, 2.24) is 0 Å². The Bertz CT molecular complexity index is 658. The molecule has 0 saturated heterocycles. The number of benzene rings is 2. The molecule has 2 rings (SSSR count). The highest BCUT2D eigenvalue weighted by molar-refractivity contribution is 9.08. The van der Waals surface area contributed by atoms with Gasteiger partial charge in [-0.25, -0.2) is 4.39 Å². The maximum absolute atomic E-state index is 13.7. The van der Waals surface area contributed by atoms with Crippen molar-refractivity contribution < 1.29 is 22.3 Å². The normalized spacial score (nSPS) is 11.5. The van der Waals surface area contributed by atoms with E-state index in [2.05, 4.69) is 15.9 Å². The molecule has 7 heteroatoms. The molecule has 2 aromatic carbocycles. The van der Waals surface area contributed by atoms with E-state index in [1.165, 1.54) is 30.3 Å². The molecule has 0 aliphatic carbocycles. The van der Waals surface area contributed by atoms with E-state index in [0.717, 1.165) is 6.07 Å². The second-order valence-corrected chi connectivity index (χ2v) is 5.07. The topological polar surface area (TPSA) is 9.23 Å². The van der Waals surface area contributed by atoms with Crippen LogP contribution in [0.5, 0.6) is 11.5 Å². The van der Waals surface area contributed by atoms with E-state index in [1.54, 1.807) is 0 Å². The summed E-state index contributed by atoms with van der Waals surface area (Å²) < 4.78 is 57.6. The molecule has 0 spiro atoms. The summed E-state index contributed by atoms with van der Waals surface area (Å²) in [4.78, 5) is 0. The van der Waals surface area contributed by atoms with Crippen molar-refractivity contribution in [3.8, 4) is 11.5 Å². The Morgan fingerprint density at radius 3 is 2.48 bits per heavy atom. The van der Waals surface area contributed by atoms with Crippen LogP contribution in [0.3, 0.4) is 0 Å². The van der Waals surface area contributed by atoms with E-state index in [1.807, 2.05) is 0 Å². The van der Waals surface area contributed by atoms with Gasteiger partial charge in [-0.05, 0) is 29.8 Å². The number of rotatable bonds is 3. The molecule has 0 heterocycles. The summed E-state index contributed by atoms with van der Waals surface area (Å²) >= 11 is 8.59. The quantitative estimate of drug-likeness (QED) is 0.454. The van der Waals surface area contributed by atoms with Crippen LogP contribution in [0, 0.1) is 5.82 Å². The van der Waals surface area contributed by atoms with E-state index in [4.69, 9.17) is 16.3 Å². The van der Waals surface area contributed by atoms with Gasteiger partial charge in [-0.15, -0.1) is 0 Å². The van der Waals surface area contributed by atoms with Crippen molar-refractivity contribution in [1.29, 1.82) is 0 Å². The Morgan fingerprint density at radius 2 is 1.86 bits per heavy atom. The van der Waals surface area contributed by atoms with Crippen LogP contribution in [-0.4, -0.2) is 0 Å². The zero-order valence-electron chi connectivity index (χ0n) is 10.3. The summed E-state index contributed by atoms with van der Waals surface area (Å²) in [6, 6.07) is 7.49. The first-order chi connectivity index (χ1) is 9.82. The van der Waals surface area contributed by atoms with Gasteiger partial charge in [0.15, 0.2) is 11.6 Å². The predicted molar refractivity (Wildman–Crippen MR) is 75.6 cm³/mol. The summed E-state index contributed by atoms with van der Waals surface area (Å²) in [5.74, 6) is -1.17. The first kappa shape index (κ1) is 16.1. The highest BCUT2D eigenvalue weighted by Gasteiger charge is 2.33. The Balaban J connectivity index is 2.40. The predicted octanol–water partition coefficient (Wildman–Crippen LogP) is 6.19. The molecule has 0 radical (unpaired) electrons. The van der Waals surface area contributed by atoms with Gasteiger partial charge < -0.3 is 4.74 Å². The van der Waals surface area contributed by atoms with E-state index in [9.17, 15) is 17.6 Å². The van der Waals surface area contributed by atoms with Gasteiger partial charge in [0.1, 0.15) is 5.75 Å². The minimum atomic E-state index is -4.52. The Morgan fingerprint density at radius 1 is 1.14 bits per heavy atom. The lowest BCUT2D eigenvalue weighted by Gasteiger charge is -2.14. The average Bonchev–Trinajstić information content (AvgIpc) is 2.43. The minimum Gasteiger partial charge on any atom is -0.454 e. The molecule has 0 atom stereocenters. The number of alkyl halides is 4. The Kier molecular flexibility index (Phi) is 4.78. The fourth-order valence-corrected chi connectivity index (χ4v) is 2.34. The third-order valence-electron chi connectivity index (χ3n) is 2.67. The molecule has 2 aromatic rings. The van der Waals surface area contributed by atoms with Gasteiger partial charge in [0.25, 0.3) is 0 Å². The van der Waals surface area contributed by atoms with Gasteiger partial charge in [0.05, 0.1) is 10.6 Å². The fourth-order valence-electron chi connectivity index (χ4n) is 1.69. The van der Waals surface area contributed by atoms with E-state index < -0.39 is 17.6 Å². The summed E-state index contributed by atoms with van der Waals surface area (Å²) in [7, 11) is 0. The molecular weight excluding hydrogens is 376 g/mol. The highest BCUT2D eigenvalue weighted by Crippen LogP contribution is 2.37. The maximum Gasteiger partial charge on any atom is 0.416 e. The monoisotopic (exact) mass is 382 g/mol. The van der Waals surface area contributed by atoms with Crippen LogP contribution in [0.15, 0.2) is 36.4 Å². The Hall–Kier alpha value is -1.27. The molecule has 112 valence electrons. The summed E-state index contributed by atoms with van der Waals surface area (Å²) in [6.45, 7) is 0. The second-order valence-electron chi connectivity index (χ2n) is 4.10. The lowest BCUT2D eigenvalue weighted by atomic mass is 10.1. The molecule has 0 aliphatic heterocycles. The zero-order chi connectivity index (χ0) is 15.6. The number of hydrogen-bond acceptors (Lipinski definition) is 1. The zero-order valence-corrected chi connectivity index (χ0v) is 12.7. The third kappa shape index (κ3) is 3.68. The molecular formula is C14H8BrClF4O. The van der Waals surface area contributed by atoms with Crippen LogP contribution < -0.4 is 4.74 Å². The maximum atomic E-state index is 13.7. The van der Waals surface area contributed by atoms with Crippen molar-refractivity contribution in [3.05, 3.63) is 58.4 Å². The van der Waals surface area contributed by atoms with E-state index in [-0.39, 0.29) is 27.4 Å². The van der Waals surface area contributed by atoms with Crippen LogP contribution >= 0.6 is 27.5 Å². The minimum absolute atomic E-state index is 0.0493. The van der Waals surface area contributed by atoms with Crippen molar-refractivity contribution >= 4 is 27.5 Å². The second kappa shape index (κ2) is 6.23. The van der Waals surface area contributed by atoms with Gasteiger partial charge >= 0.3 is 6.18 Å². The highest BCUT2D eigenvalue weighted by atomic mass is 79.9. The van der Waals surface area contributed by atoms with Gasteiger partial charge in [-0.3, -0.25) is 0 Å². The third-order valence-corrected chi connectivity index (χ3v) is 3.57. The Labute approximate surface area is 131 Å². The molecule has 1 nitrogen and oxygen atoms in total. The molecule has 0 aromatic heterocycles. The lowest BCUT2D eigenvalue weighted by molar-refractivity contribution is -0.138. The molecule has 0 bridgehead atoms. The smallest absolute Gasteiger partial charge is 0.416 e. The average molecular weight is 384 g/mol. The van der Waals surface area contributed by atoms with Gasteiger partial charge in [0, 0.05) is 5.33 Å². The van der Waals surface area contributed by atoms with Crippen molar-refractivity contribution in [3.63, 3.8) is 0 Å². The molecule has 0 fully saturated rings. The number of hydrogen-bond donors (Lipinski definition) is 0. The number of ether oxygens (including phenoxy) is 1. The van der Waals surface area contributed by atoms with Gasteiger partial charge in [-0.1, -0.05) is 39.7 Å². The largest absolute Gasteiger partial charge is 0.454 e. The summed E-state index contributed by atoms with van der Waals surface area (Å²) in [5, 5.41) is -0.117.